The van der Waals surface area contributed by atoms with Crippen molar-refractivity contribution in [3.05, 3.63) is 35.9 Å². The van der Waals surface area contributed by atoms with Crippen molar-refractivity contribution < 1.29 is 9.90 Å². The maximum absolute atomic E-state index is 9.00. The summed E-state index contributed by atoms with van der Waals surface area (Å²) in [7, 11) is -1.05. The van der Waals surface area contributed by atoms with E-state index in [9.17, 15) is 0 Å². The van der Waals surface area contributed by atoms with Crippen LogP contribution in [0.2, 0.25) is 0 Å². The summed E-state index contributed by atoms with van der Waals surface area (Å²) in [4.78, 5) is 9.00. The predicted octanol–water partition coefficient (Wildman–Crippen LogP) is 10.9. The number of rotatable bonds is 25. The number of carboxylic acid groups (broad SMARTS) is 1. The molecule has 4 heteroatoms. The molecule has 1 aromatic rings. The van der Waals surface area contributed by atoms with E-state index in [1.165, 1.54) is 153 Å². The Hall–Kier alpha value is -0.920. The third kappa shape index (κ3) is 24.1. The van der Waals surface area contributed by atoms with Gasteiger partial charge in [-0.25, -0.2) is 0 Å². The summed E-state index contributed by atoms with van der Waals surface area (Å²) in [6.45, 7) is 9.25. The highest BCUT2D eigenvalue weighted by atomic mass is 31.2. The second-order valence-corrected chi connectivity index (χ2v) is 15.2. The first-order chi connectivity index (χ1) is 18.5. The van der Waals surface area contributed by atoms with E-state index < -0.39 is 13.4 Å². The molecule has 0 radical (unpaired) electrons. The fourth-order valence-corrected chi connectivity index (χ4v) is 9.46. The first kappa shape index (κ1) is 37.1. The third-order valence-corrected chi connectivity index (χ3v) is 11.9. The summed E-state index contributed by atoms with van der Waals surface area (Å²) < 4.78 is 0. The number of hydrogen-bond acceptors (Lipinski definition) is 2. The molecule has 3 nitrogen and oxygen atoms in total. The van der Waals surface area contributed by atoms with Crippen LogP contribution >= 0.6 is 7.41 Å². The number of nitrogens with one attached hydrogen (secondary N) is 1. The maximum atomic E-state index is 9.00. The largest absolute Gasteiger partial charge is 0.481 e. The summed E-state index contributed by atoms with van der Waals surface area (Å²) in [6, 6.07) is 11.1. The van der Waals surface area contributed by atoms with Crippen LogP contribution in [0, 0.1) is 0 Å². The molecule has 0 aliphatic rings. The minimum atomic E-state index is -1.05. The van der Waals surface area contributed by atoms with Gasteiger partial charge in [0.15, 0.2) is 0 Å². The number of carboxylic acids is 1. The molecule has 0 aliphatic carbocycles. The molecule has 2 N–H and O–H groups in total. The zero-order valence-corrected chi connectivity index (χ0v) is 26.8. The van der Waals surface area contributed by atoms with Crippen molar-refractivity contribution in [1.82, 2.24) is 5.09 Å². The van der Waals surface area contributed by atoms with Crippen LogP contribution in [-0.4, -0.2) is 36.1 Å². The first-order valence-electron chi connectivity index (χ1n) is 16.3. The first-order valence-corrected chi connectivity index (χ1v) is 18.7. The Morgan fingerprint density at radius 3 is 1.34 bits per heavy atom. The fourth-order valence-electron chi connectivity index (χ4n) is 5.24. The Kier molecular flexibility index (Phi) is 27.0. The zero-order valence-electron chi connectivity index (χ0n) is 26.0. The van der Waals surface area contributed by atoms with Gasteiger partial charge in [0.1, 0.15) is 0 Å². The smallest absolute Gasteiger partial charge is 0.300 e. The number of benzene rings is 1. The molecule has 1 aromatic carbocycles. The Balaban J connectivity index is 0.00000318. The van der Waals surface area contributed by atoms with Crippen LogP contribution in [0.25, 0.3) is 0 Å². The van der Waals surface area contributed by atoms with Crippen LogP contribution in [0.15, 0.2) is 30.3 Å². The number of hydrogen-bond donors (Lipinski definition) is 2. The van der Waals surface area contributed by atoms with Gasteiger partial charge in [0.05, 0.1) is 25.9 Å². The molecule has 0 amide bonds. The highest BCUT2D eigenvalue weighted by Gasteiger charge is 2.35. The molecule has 0 bridgehead atoms. The average molecular weight is 551 g/mol. The van der Waals surface area contributed by atoms with E-state index >= 15 is 0 Å². The van der Waals surface area contributed by atoms with Gasteiger partial charge in [-0.2, -0.15) is 5.09 Å². The van der Waals surface area contributed by atoms with Crippen molar-refractivity contribution in [3.63, 3.8) is 0 Å². The molecule has 0 fully saturated rings. The van der Waals surface area contributed by atoms with Crippen LogP contribution < -0.4 is 5.09 Å². The van der Waals surface area contributed by atoms with Crippen molar-refractivity contribution in [1.29, 1.82) is 0 Å². The second kappa shape index (κ2) is 27.6. The van der Waals surface area contributed by atoms with E-state index in [1.54, 1.807) is 0 Å². The van der Waals surface area contributed by atoms with Crippen LogP contribution in [0.3, 0.4) is 0 Å². The van der Waals surface area contributed by atoms with Crippen molar-refractivity contribution >= 4 is 13.4 Å². The topological polar surface area (TPSA) is 49.3 Å². The standard InChI is InChI=1S/C32H61NP.C2H4O2/c1-4-7-10-13-16-22-29-34(30-23-17-14-11-8-5-2,31-24-18-15-12-9-6-3)33-28-27-32-25-20-19-21-26-32;1-2(3)4/h19-21,25-26,33H,4-18,22-24,27-31H2,1-3H3;1H3,(H,3,4)/q+1;. The van der Waals surface area contributed by atoms with Crippen LogP contribution in [0.5, 0.6) is 0 Å². The Morgan fingerprint density at radius 1 is 0.632 bits per heavy atom. The molecule has 222 valence electrons. The summed E-state index contributed by atoms with van der Waals surface area (Å²) in [5.74, 6) is -0.833. The Bertz CT molecular complexity index is 577. The lowest BCUT2D eigenvalue weighted by atomic mass is 10.1. The molecular weight excluding hydrogens is 485 g/mol. The van der Waals surface area contributed by atoms with Crippen LogP contribution in [0.4, 0.5) is 0 Å². The quantitative estimate of drug-likeness (QED) is 0.0940. The van der Waals surface area contributed by atoms with Gasteiger partial charge >= 0.3 is 0 Å². The molecule has 0 saturated carbocycles. The van der Waals surface area contributed by atoms with Gasteiger partial charge in [-0.1, -0.05) is 128 Å². The van der Waals surface area contributed by atoms with Crippen LogP contribution in [-0.2, 0) is 11.2 Å². The number of carbonyl (C=O) groups is 1. The molecule has 0 spiro atoms. The molecule has 0 heterocycles. The van der Waals surface area contributed by atoms with Gasteiger partial charge in [-0.3, -0.25) is 4.79 Å². The Morgan fingerprint density at radius 2 is 0.974 bits per heavy atom. The van der Waals surface area contributed by atoms with Gasteiger partial charge in [0.2, 0.25) is 0 Å². The molecule has 38 heavy (non-hydrogen) atoms. The van der Waals surface area contributed by atoms with E-state index in [4.69, 9.17) is 9.90 Å². The lowest BCUT2D eigenvalue weighted by Crippen LogP contribution is -2.26. The van der Waals surface area contributed by atoms with Crippen molar-refractivity contribution in [2.24, 2.45) is 0 Å². The summed E-state index contributed by atoms with van der Waals surface area (Å²) in [6.07, 6.45) is 31.4. The fraction of sp³-hybridized carbons (Fsp3) is 0.794. The number of aliphatic carboxylic acids is 1. The van der Waals surface area contributed by atoms with Crippen molar-refractivity contribution in [2.75, 3.05) is 25.0 Å². The van der Waals surface area contributed by atoms with E-state index in [0.717, 1.165) is 6.92 Å². The normalized spacial score (nSPS) is 11.3. The van der Waals surface area contributed by atoms with Gasteiger partial charge < -0.3 is 5.11 Å². The van der Waals surface area contributed by atoms with Crippen molar-refractivity contribution in [2.45, 2.75) is 150 Å². The highest BCUT2D eigenvalue weighted by molar-refractivity contribution is 7.74. The molecule has 0 unspecified atom stereocenters. The molecular formula is C34H65NO2P+. The number of unbranched alkanes of at least 4 members (excludes halogenated alkanes) is 15. The van der Waals surface area contributed by atoms with E-state index in [-0.39, 0.29) is 0 Å². The average Bonchev–Trinajstić information content (AvgIpc) is 2.90. The minimum absolute atomic E-state index is 0.833. The molecule has 1 rings (SSSR count). The molecule has 0 aliphatic heterocycles. The lowest BCUT2D eigenvalue weighted by molar-refractivity contribution is -0.134. The van der Waals surface area contributed by atoms with E-state index in [0.29, 0.717) is 0 Å². The minimum Gasteiger partial charge on any atom is -0.481 e. The highest BCUT2D eigenvalue weighted by Crippen LogP contribution is 2.57. The second-order valence-electron chi connectivity index (χ2n) is 11.3. The Labute approximate surface area is 238 Å². The zero-order chi connectivity index (χ0) is 28.2. The van der Waals surface area contributed by atoms with E-state index in [2.05, 4.69) is 56.2 Å². The third-order valence-electron chi connectivity index (χ3n) is 7.52. The van der Waals surface area contributed by atoms with Gasteiger partial charge in [0, 0.05) is 13.5 Å². The molecule has 0 atom stereocenters. The monoisotopic (exact) mass is 550 g/mol. The molecule has 0 aromatic heterocycles. The van der Waals surface area contributed by atoms with Crippen LogP contribution in [0.1, 0.15) is 149 Å². The van der Waals surface area contributed by atoms with Gasteiger partial charge in [0.25, 0.3) is 5.97 Å². The summed E-state index contributed by atoms with van der Waals surface area (Å²) >= 11 is 0. The predicted molar refractivity (Wildman–Crippen MR) is 173 cm³/mol. The van der Waals surface area contributed by atoms with Crippen molar-refractivity contribution in [3.8, 4) is 0 Å². The lowest BCUT2D eigenvalue weighted by Gasteiger charge is -2.29. The molecule has 0 saturated heterocycles. The maximum Gasteiger partial charge on any atom is 0.300 e. The van der Waals surface area contributed by atoms with E-state index in [1.807, 2.05) is 0 Å². The summed E-state index contributed by atoms with van der Waals surface area (Å²) in [5, 5.41) is 11.7. The van der Waals surface area contributed by atoms with Gasteiger partial charge in [-0.15, -0.1) is 0 Å². The summed E-state index contributed by atoms with van der Waals surface area (Å²) in [5.41, 5.74) is 1.49. The van der Waals surface area contributed by atoms with Gasteiger partial charge in [-0.05, 0) is 50.5 Å². The SMILES string of the molecule is CC(=O)O.CCCCCCCC[P+](CCCCCCCC)(CCCCCCCC)NCCc1ccccc1.